The van der Waals surface area contributed by atoms with E-state index < -0.39 is 17.5 Å². The van der Waals surface area contributed by atoms with Crippen LogP contribution >= 0.6 is 0 Å². The van der Waals surface area contributed by atoms with Crippen molar-refractivity contribution < 1.29 is 13.6 Å². The Balaban J connectivity index is 1.80. The molecule has 0 unspecified atom stereocenters. The van der Waals surface area contributed by atoms with E-state index in [0.29, 0.717) is 19.4 Å². The molecule has 1 heterocycles. The first-order valence-corrected chi connectivity index (χ1v) is 5.73. The SMILES string of the molecule is O=C(NCCCc1ncn[nH]1)c1cc(F)cc(F)c1. The number of aromatic amines is 1. The minimum Gasteiger partial charge on any atom is -0.352 e. The Labute approximate surface area is 108 Å². The Kier molecular flexibility index (Phi) is 4.17. The number of H-pyrrole nitrogens is 1. The lowest BCUT2D eigenvalue weighted by Gasteiger charge is -2.04. The van der Waals surface area contributed by atoms with Gasteiger partial charge in [0.25, 0.3) is 5.91 Å². The number of nitrogens with zero attached hydrogens (tertiary/aromatic N) is 2. The van der Waals surface area contributed by atoms with Crippen molar-refractivity contribution in [2.75, 3.05) is 6.54 Å². The number of benzene rings is 1. The van der Waals surface area contributed by atoms with Crippen LogP contribution in [0, 0.1) is 11.6 Å². The van der Waals surface area contributed by atoms with E-state index >= 15 is 0 Å². The highest BCUT2D eigenvalue weighted by atomic mass is 19.1. The quantitative estimate of drug-likeness (QED) is 0.804. The van der Waals surface area contributed by atoms with E-state index in [2.05, 4.69) is 20.5 Å². The van der Waals surface area contributed by atoms with Crippen molar-refractivity contribution in [1.29, 1.82) is 0 Å². The fourth-order valence-electron chi connectivity index (χ4n) is 1.60. The molecule has 2 rings (SSSR count). The Morgan fingerprint density at radius 3 is 2.63 bits per heavy atom. The molecule has 0 radical (unpaired) electrons. The van der Waals surface area contributed by atoms with Crippen molar-refractivity contribution in [3.63, 3.8) is 0 Å². The number of carbonyl (C=O) groups excluding carboxylic acids is 1. The lowest BCUT2D eigenvalue weighted by molar-refractivity contribution is 0.0952. The molecule has 0 aliphatic heterocycles. The zero-order valence-corrected chi connectivity index (χ0v) is 9.99. The maximum Gasteiger partial charge on any atom is 0.251 e. The van der Waals surface area contributed by atoms with Gasteiger partial charge in [0.1, 0.15) is 23.8 Å². The average molecular weight is 266 g/mol. The Hall–Kier alpha value is -2.31. The second-order valence-corrected chi connectivity index (χ2v) is 3.95. The lowest BCUT2D eigenvalue weighted by Crippen LogP contribution is -2.25. The third-order valence-corrected chi connectivity index (χ3v) is 2.47. The minimum atomic E-state index is -0.771. The highest BCUT2D eigenvalue weighted by Crippen LogP contribution is 2.07. The smallest absolute Gasteiger partial charge is 0.251 e. The summed E-state index contributed by atoms with van der Waals surface area (Å²) in [4.78, 5) is 15.6. The summed E-state index contributed by atoms with van der Waals surface area (Å²) in [5.74, 6) is -1.32. The summed E-state index contributed by atoms with van der Waals surface area (Å²) < 4.78 is 25.8. The molecule has 7 heteroatoms. The molecular formula is C12H12F2N4O. The Morgan fingerprint density at radius 1 is 1.26 bits per heavy atom. The van der Waals surface area contributed by atoms with Gasteiger partial charge >= 0.3 is 0 Å². The second kappa shape index (κ2) is 6.03. The molecule has 1 amide bonds. The van der Waals surface area contributed by atoms with Gasteiger partial charge in [-0.05, 0) is 18.6 Å². The first-order valence-electron chi connectivity index (χ1n) is 5.73. The fraction of sp³-hybridized carbons (Fsp3) is 0.250. The summed E-state index contributed by atoms with van der Waals surface area (Å²) in [6.45, 7) is 0.387. The van der Waals surface area contributed by atoms with Crippen LogP contribution in [0.1, 0.15) is 22.6 Å². The van der Waals surface area contributed by atoms with Crippen molar-refractivity contribution in [2.45, 2.75) is 12.8 Å². The summed E-state index contributed by atoms with van der Waals surface area (Å²) in [7, 11) is 0. The van der Waals surface area contributed by atoms with E-state index in [0.717, 1.165) is 24.0 Å². The third-order valence-electron chi connectivity index (χ3n) is 2.47. The van der Waals surface area contributed by atoms with Crippen LogP contribution in [-0.4, -0.2) is 27.6 Å². The number of amides is 1. The van der Waals surface area contributed by atoms with Gasteiger partial charge in [0.15, 0.2) is 0 Å². The predicted octanol–water partition coefficient (Wildman–Crippen LogP) is 1.45. The number of hydrogen-bond donors (Lipinski definition) is 2. The van der Waals surface area contributed by atoms with Crippen LogP contribution in [0.25, 0.3) is 0 Å². The zero-order chi connectivity index (χ0) is 13.7. The van der Waals surface area contributed by atoms with Crippen molar-refractivity contribution in [1.82, 2.24) is 20.5 Å². The first-order chi connectivity index (χ1) is 9.15. The van der Waals surface area contributed by atoms with Crippen LogP contribution in [-0.2, 0) is 6.42 Å². The molecular weight excluding hydrogens is 254 g/mol. The van der Waals surface area contributed by atoms with E-state index in [1.54, 1.807) is 0 Å². The van der Waals surface area contributed by atoms with E-state index in [4.69, 9.17) is 0 Å². The molecule has 0 spiro atoms. The fourth-order valence-corrected chi connectivity index (χ4v) is 1.60. The van der Waals surface area contributed by atoms with Gasteiger partial charge in [-0.15, -0.1) is 0 Å². The number of hydrogen-bond acceptors (Lipinski definition) is 3. The van der Waals surface area contributed by atoms with Gasteiger partial charge in [0.05, 0.1) is 0 Å². The molecule has 5 nitrogen and oxygen atoms in total. The Morgan fingerprint density at radius 2 is 2.00 bits per heavy atom. The third kappa shape index (κ3) is 3.84. The molecule has 19 heavy (non-hydrogen) atoms. The van der Waals surface area contributed by atoms with Gasteiger partial charge in [-0.1, -0.05) is 0 Å². The molecule has 0 fully saturated rings. The molecule has 0 aliphatic rings. The summed E-state index contributed by atoms with van der Waals surface area (Å²) in [6, 6.07) is 2.71. The number of carbonyl (C=O) groups is 1. The Bertz CT molecular complexity index is 537. The van der Waals surface area contributed by atoms with Crippen LogP contribution in [0.15, 0.2) is 24.5 Å². The van der Waals surface area contributed by atoms with E-state index in [9.17, 15) is 13.6 Å². The maximum absolute atomic E-state index is 12.9. The van der Waals surface area contributed by atoms with Gasteiger partial charge < -0.3 is 5.32 Å². The van der Waals surface area contributed by atoms with Crippen LogP contribution in [0.5, 0.6) is 0 Å². The predicted molar refractivity (Wildman–Crippen MR) is 63.4 cm³/mol. The van der Waals surface area contributed by atoms with E-state index in [1.807, 2.05) is 0 Å². The molecule has 2 aromatic rings. The lowest BCUT2D eigenvalue weighted by atomic mass is 10.2. The molecule has 1 aromatic carbocycles. The molecule has 0 saturated heterocycles. The largest absolute Gasteiger partial charge is 0.352 e. The van der Waals surface area contributed by atoms with Gasteiger partial charge in [-0.3, -0.25) is 9.89 Å². The van der Waals surface area contributed by atoms with Crippen LogP contribution < -0.4 is 5.32 Å². The number of halogens is 2. The van der Waals surface area contributed by atoms with Gasteiger partial charge in [-0.25, -0.2) is 13.8 Å². The van der Waals surface area contributed by atoms with Gasteiger partial charge in [0, 0.05) is 24.6 Å². The summed E-state index contributed by atoms with van der Waals surface area (Å²) in [5.41, 5.74) is -0.0304. The number of rotatable bonds is 5. The average Bonchev–Trinajstić information content (AvgIpc) is 2.86. The van der Waals surface area contributed by atoms with Crippen molar-refractivity contribution >= 4 is 5.91 Å². The first kappa shape index (κ1) is 13.1. The second-order valence-electron chi connectivity index (χ2n) is 3.95. The number of aromatic nitrogens is 3. The molecule has 2 N–H and O–H groups in total. The molecule has 0 atom stereocenters. The van der Waals surface area contributed by atoms with Crippen molar-refractivity contribution in [3.8, 4) is 0 Å². The van der Waals surface area contributed by atoms with E-state index in [-0.39, 0.29) is 5.56 Å². The molecule has 0 aliphatic carbocycles. The highest BCUT2D eigenvalue weighted by molar-refractivity contribution is 5.94. The van der Waals surface area contributed by atoms with Crippen molar-refractivity contribution in [2.24, 2.45) is 0 Å². The maximum atomic E-state index is 12.9. The van der Waals surface area contributed by atoms with Crippen LogP contribution in [0.4, 0.5) is 8.78 Å². The standard InChI is InChI=1S/C12H12F2N4O/c13-9-4-8(5-10(14)6-9)12(19)15-3-1-2-11-16-7-17-18-11/h4-7H,1-3H2,(H,15,19)(H,16,17,18). The topological polar surface area (TPSA) is 70.7 Å². The zero-order valence-electron chi connectivity index (χ0n) is 9.99. The van der Waals surface area contributed by atoms with E-state index in [1.165, 1.54) is 6.33 Å². The molecule has 100 valence electrons. The van der Waals surface area contributed by atoms with Crippen LogP contribution in [0.2, 0.25) is 0 Å². The summed E-state index contributed by atoms with van der Waals surface area (Å²) in [6.07, 6.45) is 2.69. The summed E-state index contributed by atoms with van der Waals surface area (Å²) in [5, 5.41) is 8.98. The summed E-state index contributed by atoms with van der Waals surface area (Å²) >= 11 is 0. The van der Waals surface area contributed by atoms with Gasteiger partial charge in [0.2, 0.25) is 0 Å². The molecule has 0 bridgehead atoms. The monoisotopic (exact) mass is 266 g/mol. The number of aryl methyl sites for hydroxylation is 1. The normalized spacial score (nSPS) is 10.4. The number of nitrogens with one attached hydrogen (secondary N) is 2. The molecule has 1 aromatic heterocycles. The highest BCUT2D eigenvalue weighted by Gasteiger charge is 2.08. The van der Waals surface area contributed by atoms with Gasteiger partial charge in [-0.2, -0.15) is 5.10 Å². The molecule has 0 saturated carbocycles. The van der Waals surface area contributed by atoms with Crippen molar-refractivity contribution in [3.05, 3.63) is 47.5 Å². The van der Waals surface area contributed by atoms with Crippen LogP contribution in [0.3, 0.4) is 0 Å². The minimum absolute atomic E-state index is 0.0304.